The standard InChI is InChI=1S/C15H19ClFNO/c1-9-2-5-12(16)15(13(9)17)19-14(10-3-4-10)11-6-7-18-8-11/h2,5,10-11,14,18H,3-4,6-8H2,1H3/t11-,14+/m0/s1. The molecule has 2 aliphatic rings. The van der Waals surface area contributed by atoms with Crippen molar-refractivity contribution in [2.45, 2.75) is 32.3 Å². The summed E-state index contributed by atoms with van der Waals surface area (Å²) in [6, 6.07) is 3.40. The van der Waals surface area contributed by atoms with Crippen LogP contribution in [0.4, 0.5) is 4.39 Å². The van der Waals surface area contributed by atoms with Gasteiger partial charge in [0.2, 0.25) is 0 Å². The summed E-state index contributed by atoms with van der Waals surface area (Å²) in [6.45, 7) is 3.73. The van der Waals surface area contributed by atoms with Crippen molar-refractivity contribution in [3.63, 3.8) is 0 Å². The summed E-state index contributed by atoms with van der Waals surface area (Å²) in [5, 5.41) is 3.73. The van der Waals surface area contributed by atoms with Crippen LogP contribution in [0.15, 0.2) is 12.1 Å². The Morgan fingerprint density at radius 1 is 1.32 bits per heavy atom. The molecule has 104 valence electrons. The van der Waals surface area contributed by atoms with Crippen LogP contribution in [0.3, 0.4) is 0 Å². The van der Waals surface area contributed by atoms with Gasteiger partial charge in [0.1, 0.15) is 6.10 Å². The van der Waals surface area contributed by atoms with E-state index in [1.54, 1.807) is 19.1 Å². The second-order valence-electron chi connectivity index (χ2n) is 5.68. The minimum absolute atomic E-state index is 0.101. The van der Waals surface area contributed by atoms with Crippen LogP contribution in [0.2, 0.25) is 5.02 Å². The number of hydrogen-bond acceptors (Lipinski definition) is 2. The van der Waals surface area contributed by atoms with Gasteiger partial charge in [-0.15, -0.1) is 0 Å². The monoisotopic (exact) mass is 283 g/mol. The Morgan fingerprint density at radius 3 is 2.74 bits per heavy atom. The molecule has 1 aromatic rings. The van der Waals surface area contributed by atoms with Crippen molar-refractivity contribution in [2.24, 2.45) is 11.8 Å². The van der Waals surface area contributed by atoms with Gasteiger partial charge in [-0.25, -0.2) is 4.39 Å². The summed E-state index contributed by atoms with van der Waals surface area (Å²) in [4.78, 5) is 0. The summed E-state index contributed by atoms with van der Waals surface area (Å²) < 4.78 is 20.2. The third-order valence-electron chi connectivity index (χ3n) is 4.15. The van der Waals surface area contributed by atoms with Gasteiger partial charge in [0.25, 0.3) is 0 Å². The normalized spacial score (nSPS) is 24.5. The van der Waals surface area contributed by atoms with E-state index in [2.05, 4.69) is 5.32 Å². The Hall–Kier alpha value is -0.800. The predicted molar refractivity (Wildman–Crippen MR) is 74.3 cm³/mol. The minimum Gasteiger partial charge on any atom is -0.485 e. The van der Waals surface area contributed by atoms with Gasteiger partial charge >= 0.3 is 0 Å². The van der Waals surface area contributed by atoms with Gasteiger partial charge in [-0.3, -0.25) is 0 Å². The first-order valence-electron chi connectivity index (χ1n) is 6.99. The first-order valence-corrected chi connectivity index (χ1v) is 7.36. The van der Waals surface area contributed by atoms with Gasteiger partial charge < -0.3 is 10.1 Å². The van der Waals surface area contributed by atoms with E-state index >= 15 is 0 Å². The average Bonchev–Trinajstić information content (AvgIpc) is 3.09. The maximum Gasteiger partial charge on any atom is 0.174 e. The highest BCUT2D eigenvalue weighted by Crippen LogP contribution is 2.41. The minimum atomic E-state index is -0.316. The van der Waals surface area contributed by atoms with Crippen LogP contribution >= 0.6 is 11.6 Å². The molecule has 1 aromatic carbocycles. The molecule has 4 heteroatoms. The Balaban J connectivity index is 1.83. The number of benzene rings is 1. The maximum absolute atomic E-state index is 14.2. The zero-order valence-corrected chi connectivity index (χ0v) is 11.8. The first-order chi connectivity index (χ1) is 9.16. The van der Waals surface area contributed by atoms with E-state index < -0.39 is 0 Å². The molecule has 2 atom stereocenters. The van der Waals surface area contributed by atoms with E-state index in [9.17, 15) is 4.39 Å². The number of ether oxygens (including phenoxy) is 1. The molecule has 1 aliphatic carbocycles. The number of nitrogens with one attached hydrogen (secondary N) is 1. The predicted octanol–water partition coefficient (Wildman–Crippen LogP) is 3.55. The van der Waals surface area contributed by atoms with E-state index in [0.717, 1.165) is 19.5 Å². The second kappa shape index (κ2) is 5.29. The van der Waals surface area contributed by atoms with Crippen molar-refractivity contribution in [3.8, 4) is 5.75 Å². The molecule has 0 amide bonds. The molecule has 0 bridgehead atoms. The molecular formula is C15H19ClFNO. The van der Waals surface area contributed by atoms with Crippen LogP contribution in [-0.4, -0.2) is 19.2 Å². The Morgan fingerprint density at radius 2 is 2.11 bits per heavy atom. The van der Waals surface area contributed by atoms with Gasteiger partial charge in [-0.1, -0.05) is 17.7 Å². The van der Waals surface area contributed by atoms with E-state index in [4.69, 9.17) is 16.3 Å². The summed E-state index contributed by atoms with van der Waals surface area (Å²) in [6.07, 6.45) is 3.58. The number of aryl methyl sites for hydroxylation is 1. The fourth-order valence-electron chi connectivity index (χ4n) is 2.83. The van der Waals surface area contributed by atoms with Crippen LogP contribution in [-0.2, 0) is 0 Å². The lowest BCUT2D eigenvalue weighted by Gasteiger charge is -2.25. The van der Waals surface area contributed by atoms with Crippen molar-refractivity contribution in [1.82, 2.24) is 5.32 Å². The molecule has 0 radical (unpaired) electrons. The fraction of sp³-hybridized carbons (Fsp3) is 0.600. The molecule has 1 aliphatic heterocycles. The van der Waals surface area contributed by atoms with Crippen LogP contribution in [0, 0.1) is 24.6 Å². The Bertz CT molecular complexity index is 469. The summed E-state index contributed by atoms with van der Waals surface area (Å²) in [5.74, 6) is 0.971. The van der Waals surface area contributed by atoms with Crippen molar-refractivity contribution in [1.29, 1.82) is 0 Å². The molecule has 2 fully saturated rings. The molecule has 0 aromatic heterocycles. The highest BCUT2D eigenvalue weighted by Gasteiger charge is 2.40. The lowest BCUT2D eigenvalue weighted by Crippen LogP contribution is -2.31. The van der Waals surface area contributed by atoms with Crippen molar-refractivity contribution < 1.29 is 9.13 Å². The third-order valence-corrected chi connectivity index (χ3v) is 4.44. The molecule has 2 nitrogen and oxygen atoms in total. The van der Waals surface area contributed by atoms with Crippen molar-refractivity contribution in [3.05, 3.63) is 28.5 Å². The molecule has 3 rings (SSSR count). The van der Waals surface area contributed by atoms with E-state index in [-0.39, 0.29) is 17.7 Å². The van der Waals surface area contributed by atoms with Gasteiger partial charge in [0.05, 0.1) is 5.02 Å². The Kier molecular flexibility index (Phi) is 3.68. The smallest absolute Gasteiger partial charge is 0.174 e. The zero-order chi connectivity index (χ0) is 13.4. The van der Waals surface area contributed by atoms with Gasteiger partial charge in [-0.05, 0) is 50.3 Å². The largest absolute Gasteiger partial charge is 0.485 e. The maximum atomic E-state index is 14.2. The lowest BCUT2D eigenvalue weighted by atomic mass is 9.97. The van der Waals surface area contributed by atoms with Crippen LogP contribution in [0.25, 0.3) is 0 Å². The van der Waals surface area contributed by atoms with Gasteiger partial charge in [0.15, 0.2) is 11.6 Å². The quantitative estimate of drug-likeness (QED) is 0.912. The van der Waals surface area contributed by atoms with E-state index in [0.29, 0.717) is 22.4 Å². The van der Waals surface area contributed by atoms with Crippen molar-refractivity contribution in [2.75, 3.05) is 13.1 Å². The molecule has 1 N–H and O–H groups in total. The fourth-order valence-corrected chi connectivity index (χ4v) is 3.03. The van der Waals surface area contributed by atoms with Crippen LogP contribution in [0.5, 0.6) is 5.75 Å². The molecule has 1 saturated heterocycles. The summed E-state index contributed by atoms with van der Waals surface area (Å²) >= 11 is 6.10. The summed E-state index contributed by atoms with van der Waals surface area (Å²) in [7, 11) is 0. The molecular weight excluding hydrogens is 265 g/mol. The SMILES string of the molecule is Cc1ccc(Cl)c(O[C@H](C2CC2)[C@H]2CCNC2)c1F. The molecule has 19 heavy (non-hydrogen) atoms. The molecule has 0 unspecified atom stereocenters. The van der Waals surface area contributed by atoms with Gasteiger partial charge in [-0.2, -0.15) is 0 Å². The average molecular weight is 284 g/mol. The van der Waals surface area contributed by atoms with Crippen molar-refractivity contribution >= 4 is 11.6 Å². The van der Waals surface area contributed by atoms with E-state index in [1.165, 1.54) is 12.8 Å². The van der Waals surface area contributed by atoms with Crippen LogP contribution < -0.4 is 10.1 Å². The lowest BCUT2D eigenvalue weighted by molar-refractivity contribution is 0.115. The van der Waals surface area contributed by atoms with E-state index in [1.807, 2.05) is 0 Å². The second-order valence-corrected chi connectivity index (χ2v) is 6.09. The number of halogens is 2. The Labute approximate surface area is 118 Å². The zero-order valence-electron chi connectivity index (χ0n) is 11.1. The number of hydrogen-bond donors (Lipinski definition) is 1. The van der Waals surface area contributed by atoms with Crippen LogP contribution in [0.1, 0.15) is 24.8 Å². The first kappa shape index (κ1) is 13.2. The number of rotatable bonds is 4. The highest BCUT2D eigenvalue weighted by molar-refractivity contribution is 6.32. The molecule has 0 spiro atoms. The van der Waals surface area contributed by atoms with Gasteiger partial charge in [0, 0.05) is 12.5 Å². The molecule has 1 heterocycles. The summed E-state index contributed by atoms with van der Waals surface area (Å²) in [5.41, 5.74) is 0.582. The highest BCUT2D eigenvalue weighted by atomic mass is 35.5. The third kappa shape index (κ3) is 2.72. The molecule has 1 saturated carbocycles. The topological polar surface area (TPSA) is 21.3 Å².